The molecule has 0 amide bonds. The van der Waals surface area contributed by atoms with Gasteiger partial charge in [0, 0.05) is 19.0 Å². The SMILES string of the molecule is O=C(O)c1cc(N2CC[C@@H](F)[C@H](O)C2)c2c(C3CCC3)nn(-c3ccccc3)c2n1. The molecular weight excluding hydrogens is 387 g/mol. The van der Waals surface area contributed by atoms with Crippen molar-refractivity contribution in [3.63, 3.8) is 0 Å². The number of halogens is 1. The number of carboxylic acids is 1. The van der Waals surface area contributed by atoms with Crippen molar-refractivity contribution in [2.24, 2.45) is 0 Å². The predicted molar refractivity (Wildman–Crippen MR) is 110 cm³/mol. The summed E-state index contributed by atoms with van der Waals surface area (Å²) in [5.41, 5.74) is 2.75. The number of pyridine rings is 1. The van der Waals surface area contributed by atoms with Gasteiger partial charge in [0.25, 0.3) is 0 Å². The van der Waals surface area contributed by atoms with E-state index < -0.39 is 18.2 Å². The molecule has 3 aromatic rings. The van der Waals surface area contributed by atoms with Crippen molar-refractivity contribution in [1.82, 2.24) is 14.8 Å². The van der Waals surface area contributed by atoms with Gasteiger partial charge >= 0.3 is 5.97 Å². The first-order valence-electron chi connectivity index (χ1n) is 10.3. The second-order valence-corrected chi connectivity index (χ2v) is 8.11. The van der Waals surface area contributed by atoms with Crippen LogP contribution in [0.2, 0.25) is 0 Å². The molecule has 5 rings (SSSR count). The normalized spacial score (nSPS) is 22.3. The Morgan fingerprint density at radius 3 is 2.57 bits per heavy atom. The number of nitrogens with zero attached hydrogens (tertiary/aromatic N) is 4. The lowest BCUT2D eigenvalue weighted by molar-refractivity contribution is 0.0645. The highest BCUT2D eigenvalue weighted by Crippen LogP contribution is 2.43. The van der Waals surface area contributed by atoms with Crippen molar-refractivity contribution in [3.8, 4) is 5.69 Å². The van der Waals surface area contributed by atoms with Gasteiger partial charge in [0.2, 0.25) is 0 Å². The van der Waals surface area contributed by atoms with E-state index in [-0.39, 0.29) is 24.6 Å². The highest BCUT2D eigenvalue weighted by atomic mass is 19.1. The second kappa shape index (κ2) is 7.36. The number of carboxylic acid groups (broad SMARTS) is 1. The van der Waals surface area contributed by atoms with Crippen LogP contribution in [0.25, 0.3) is 16.7 Å². The number of aromatic carboxylic acids is 1. The van der Waals surface area contributed by atoms with Crippen LogP contribution < -0.4 is 4.90 Å². The summed E-state index contributed by atoms with van der Waals surface area (Å²) < 4.78 is 15.6. The third-order valence-electron chi connectivity index (χ3n) is 6.20. The fraction of sp³-hybridized carbons (Fsp3) is 0.409. The number of benzene rings is 1. The minimum absolute atomic E-state index is 0.0911. The van der Waals surface area contributed by atoms with E-state index >= 15 is 0 Å². The molecule has 0 bridgehead atoms. The molecule has 8 heteroatoms. The molecule has 0 radical (unpaired) electrons. The van der Waals surface area contributed by atoms with Gasteiger partial charge < -0.3 is 15.1 Å². The summed E-state index contributed by atoms with van der Waals surface area (Å²) in [6.07, 6.45) is 1.000. The summed E-state index contributed by atoms with van der Waals surface area (Å²) in [5, 5.41) is 25.5. The molecule has 7 nitrogen and oxygen atoms in total. The fourth-order valence-electron chi connectivity index (χ4n) is 4.32. The largest absolute Gasteiger partial charge is 0.477 e. The molecule has 1 aromatic carbocycles. The molecule has 2 fully saturated rings. The monoisotopic (exact) mass is 410 g/mol. The predicted octanol–water partition coefficient (Wildman–Crippen LogP) is 3.30. The molecule has 0 unspecified atom stereocenters. The van der Waals surface area contributed by atoms with Crippen LogP contribution in [-0.2, 0) is 0 Å². The molecule has 156 valence electrons. The van der Waals surface area contributed by atoms with Crippen LogP contribution in [0.4, 0.5) is 10.1 Å². The molecule has 2 atom stereocenters. The Morgan fingerprint density at radius 1 is 1.17 bits per heavy atom. The van der Waals surface area contributed by atoms with E-state index in [2.05, 4.69) is 4.98 Å². The van der Waals surface area contributed by atoms with Crippen LogP contribution in [0.15, 0.2) is 36.4 Å². The van der Waals surface area contributed by atoms with Crippen LogP contribution >= 0.6 is 0 Å². The van der Waals surface area contributed by atoms with Crippen LogP contribution in [0.1, 0.15) is 47.8 Å². The number of aliphatic hydroxyl groups is 1. The van der Waals surface area contributed by atoms with E-state index in [0.717, 1.165) is 36.0 Å². The lowest BCUT2D eigenvalue weighted by Crippen LogP contribution is -2.45. The zero-order valence-electron chi connectivity index (χ0n) is 16.4. The van der Waals surface area contributed by atoms with Crippen molar-refractivity contribution in [1.29, 1.82) is 0 Å². The molecule has 0 spiro atoms. The number of anilines is 1. The number of alkyl halides is 1. The number of carbonyl (C=O) groups is 1. The number of hydrogen-bond donors (Lipinski definition) is 2. The molecule has 1 saturated carbocycles. The number of rotatable bonds is 4. The number of fused-ring (bicyclic) bond motifs is 1. The Bertz CT molecular complexity index is 1100. The van der Waals surface area contributed by atoms with Crippen LogP contribution in [0, 0.1) is 0 Å². The fourth-order valence-corrected chi connectivity index (χ4v) is 4.32. The number of aromatic nitrogens is 3. The third-order valence-corrected chi connectivity index (χ3v) is 6.20. The number of β-amino-alcohol motifs (C(OH)–C–C–N with tert-alkyl or cyclic N) is 1. The maximum atomic E-state index is 13.9. The van der Waals surface area contributed by atoms with Crippen LogP contribution in [0.3, 0.4) is 0 Å². The highest BCUT2D eigenvalue weighted by molar-refractivity contribution is 5.98. The Kier molecular flexibility index (Phi) is 4.66. The highest BCUT2D eigenvalue weighted by Gasteiger charge is 2.33. The van der Waals surface area contributed by atoms with E-state index in [9.17, 15) is 19.4 Å². The number of piperidine rings is 1. The molecule has 1 aliphatic heterocycles. The van der Waals surface area contributed by atoms with Crippen LogP contribution in [0.5, 0.6) is 0 Å². The smallest absolute Gasteiger partial charge is 0.354 e. The summed E-state index contributed by atoms with van der Waals surface area (Å²) in [7, 11) is 0. The van der Waals surface area contributed by atoms with Gasteiger partial charge in [-0.2, -0.15) is 5.10 Å². The zero-order valence-corrected chi connectivity index (χ0v) is 16.4. The van der Waals surface area contributed by atoms with Gasteiger partial charge in [-0.15, -0.1) is 0 Å². The van der Waals surface area contributed by atoms with Crippen molar-refractivity contribution in [2.75, 3.05) is 18.0 Å². The molecule has 2 N–H and O–H groups in total. The molecule has 2 aliphatic rings. The van der Waals surface area contributed by atoms with Gasteiger partial charge in [-0.05, 0) is 37.5 Å². The van der Waals surface area contributed by atoms with Crippen molar-refractivity contribution in [2.45, 2.75) is 43.9 Å². The first-order valence-corrected chi connectivity index (χ1v) is 10.3. The maximum absolute atomic E-state index is 13.9. The Hall–Kier alpha value is -3.00. The Balaban J connectivity index is 1.76. The quantitative estimate of drug-likeness (QED) is 0.686. The topological polar surface area (TPSA) is 91.5 Å². The minimum Gasteiger partial charge on any atom is -0.477 e. The van der Waals surface area contributed by atoms with Gasteiger partial charge in [0.05, 0.1) is 22.5 Å². The van der Waals surface area contributed by atoms with Gasteiger partial charge in [-0.25, -0.2) is 18.9 Å². The maximum Gasteiger partial charge on any atom is 0.354 e. The van der Waals surface area contributed by atoms with Gasteiger partial charge in [0.1, 0.15) is 12.3 Å². The van der Waals surface area contributed by atoms with Crippen molar-refractivity contribution >= 4 is 22.7 Å². The molecule has 1 aliphatic carbocycles. The summed E-state index contributed by atoms with van der Waals surface area (Å²) in [5.74, 6) is -0.845. The summed E-state index contributed by atoms with van der Waals surface area (Å²) in [4.78, 5) is 18.1. The summed E-state index contributed by atoms with van der Waals surface area (Å²) in [6, 6.07) is 11.1. The third kappa shape index (κ3) is 3.11. The van der Waals surface area contributed by atoms with Crippen molar-refractivity contribution < 1.29 is 19.4 Å². The average Bonchev–Trinajstić information content (AvgIpc) is 3.08. The van der Waals surface area contributed by atoms with E-state index in [1.165, 1.54) is 6.07 Å². The van der Waals surface area contributed by atoms with E-state index in [1.807, 2.05) is 35.2 Å². The summed E-state index contributed by atoms with van der Waals surface area (Å²) >= 11 is 0. The van der Waals surface area contributed by atoms with Gasteiger partial charge in [-0.3, -0.25) is 0 Å². The molecular formula is C22H23FN4O3. The number of para-hydroxylation sites is 1. The standard InChI is InChI=1S/C22H23FN4O3/c23-15-9-10-26(12-18(15)28)17-11-16(22(29)30)24-21-19(17)20(13-5-4-6-13)25-27(21)14-7-2-1-3-8-14/h1-3,7-8,11,13,15,18,28H,4-6,9-10,12H2,(H,29,30)/t15-,18-/m1/s1. The van der Waals surface area contributed by atoms with E-state index in [0.29, 0.717) is 17.9 Å². The first kappa shape index (κ1) is 19.0. The molecule has 2 aromatic heterocycles. The van der Waals surface area contributed by atoms with Crippen molar-refractivity contribution in [3.05, 3.63) is 47.8 Å². The Labute approximate surface area is 172 Å². The number of hydrogen-bond acceptors (Lipinski definition) is 5. The van der Waals surface area contributed by atoms with Gasteiger partial charge in [0.15, 0.2) is 11.3 Å². The minimum atomic E-state index is -1.27. The first-order chi connectivity index (χ1) is 14.5. The zero-order chi connectivity index (χ0) is 20.8. The second-order valence-electron chi connectivity index (χ2n) is 8.11. The molecule has 3 heterocycles. The Morgan fingerprint density at radius 2 is 1.93 bits per heavy atom. The lowest BCUT2D eigenvalue weighted by atomic mass is 9.82. The average molecular weight is 410 g/mol. The molecule has 1 saturated heterocycles. The van der Waals surface area contributed by atoms with E-state index in [4.69, 9.17) is 5.10 Å². The van der Waals surface area contributed by atoms with Crippen LogP contribution in [-0.4, -0.2) is 56.3 Å². The molecule has 30 heavy (non-hydrogen) atoms. The lowest BCUT2D eigenvalue weighted by Gasteiger charge is -2.35. The number of aliphatic hydroxyl groups excluding tert-OH is 1. The van der Waals surface area contributed by atoms with Gasteiger partial charge in [-0.1, -0.05) is 24.6 Å². The van der Waals surface area contributed by atoms with E-state index in [1.54, 1.807) is 4.68 Å². The summed E-state index contributed by atoms with van der Waals surface area (Å²) in [6.45, 7) is 0.511.